The number of amides is 1. The maximum atomic E-state index is 11.9. The minimum Gasteiger partial charge on any atom is -0.273 e. The molecule has 2 aliphatic rings. The third kappa shape index (κ3) is 2.45. The molecule has 0 aliphatic heterocycles. The van der Waals surface area contributed by atoms with Gasteiger partial charge in [-0.05, 0) is 43.6 Å². The van der Waals surface area contributed by atoms with Crippen molar-refractivity contribution in [3.8, 4) is 0 Å². The number of benzene rings is 1. The summed E-state index contributed by atoms with van der Waals surface area (Å²) in [6.07, 6.45) is 3.40. The number of nitrogens with zero attached hydrogens (tertiary/aromatic N) is 1. The van der Waals surface area contributed by atoms with E-state index in [0.717, 1.165) is 12.1 Å². The Morgan fingerprint density at radius 2 is 2.00 bits per heavy atom. The van der Waals surface area contributed by atoms with E-state index >= 15 is 0 Å². The first-order valence-electron chi connectivity index (χ1n) is 6.64. The molecule has 0 aromatic heterocycles. The Morgan fingerprint density at radius 3 is 2.67 bits per heavy atom. The van der Waals surface area contributed by atoms with Crippen LogP contribution in [0.25, 0.3) is 0 Å². The van der Waals surface area contributed by atoms with E-state index in [1.807, 2.05) is 25.1 Å². The van der Waals surface area contributed by atoms with Crippen molar-refractivity contribution in [3.05, 3.63) is 35.9 Å². The zero-order valence-corrected chi connectivity index (χ0v) is 10.6. The van der Waals surface area contributed by atoms with Gasteiger partial charge in [0.25, 0.3) is 0 Å². The number of nitrogens with one attached hydrogen (secondary N) is 1. The van der Waals surface area contributed by atoms with Gasteiger partial charge in [0.2, 0.25) is 5.91 Å². The molecule has 1 amide bonds. The Kier molecular flexibility index (Phi) is 2.90. The lowest BCUT2D eigenvalue weighted by molar-refractivity contribution is -0.122. The molecule has 0 unspecified atom stereocenters. The number of hydrogen-bond donors (Lipinski definition) is 1. The predicted molar refractivity (Wildman–Crippen MR) is 71.3 cm³/mol. The predicted octanol–water partition coefficient (Wildman–Crippen LogP) is 2.69. The Hall–Kier alpha value is -1.64. The fourth-order valence-electron chi connectivity index (χ4n) is 2.37. The summed E-state index contributed by atoms with van der Waals surface area (Å²) in [6.45, 7) is 2.00. The summed E-state index contributed by atoms with van der Waals surface area (Å²) in [6, 6.07) is 10.2. The molecule has 0 heterocycles. The lowest BCUT2D eigenvalue weighted by atomic mass is 10.1. The molecule has 1 aromatic carbocycles. The zero-order chi connectivity index (χ0) is 12.5. The van der Waals surface area contributed by atoms with Crippen LogP contribution in [0.1, 0.15) is 37.7 Å². The maximum Gasteiger partial charge on any atom is 0.243 e. The summed E-state index contributed by atoms with van der Waals surface area (Å²) in [4.78, 5) is 11.9. The summed E-state index contributed by atoms with van der Waals surface area (Å²) in [7, 11) is 0. The first-order chi connectivity index (χ1) is 8.75. The van der Waals surface area contributed by atoms with Crippen LogP contribution in [0.15, 0.2) is 35.4 Å². The van der Waals surface area contributed by atoms with E-state index in [-0.39, 0.29) is 11.8 Å². The molecule has 1 aromatic rings. The van der Waals surface area contributed by atoms with E-state index in [9.17, 15) is 4.79 Å². The van der Waals surface area contributed by atoms with Crippen molar-refractivity contribution in [1.29, 1.82) is 0 Å². The number of carbonyl (C=O) groups excluding carboxylic acids is 1. The van der Waals surface area contributed by atoms with Crippen molar-refractivity contribution in [2.24, 2.45) is 16.9 Å². The van der Waals surface area contributed by atoms with Gasteiger partial charge in [0, 0.05) is 11.6 Å². The Bertz CT molecular complexity index is 477. The summed E-state index contributed by atoms with van der Waals surface area (Å²) >= 11 is 0. The quantitative estimate of drug-likeness (QED) is 0.640. The van der Waals surface area contributed by atoms with Crippen molar-refractivity contribution in [1.82, 2.24) is 5.43 Å². The summed E-state index contributed by atoms with van der Waals surface area (Å²) in [5.41, 5.74) is 5.05. The molecular weight excluding hydrogens is 224 g/mol. The van der Waals surface area contributed by atoms with Crippen LogP contribution < -0.4 is 5.43 Å². The molecule has 3 heteroatoms. The van der Waals surface area contributed by atoms with Gasteiger partial charge in [0.1, 0.15) is 0 Å². The van der Waals surface area contributed by atoms with Gasteiger partial charge in [0.15, 0.2) is 0 Å². The minimum absolute atomic E-state index is 0.0730. The molecule has 3 nitrogen and oxygen atoms in total. The van der Waals surface area contributed by atoms with E-state index in [0.29, 0.717) is 11.8 Å². The zero-order valence-electron chi connectivity index (χ0n) is 10.6. The van der Waals surface area contributed by atoms with E-state index in [1.54, 1.807) is 0 Å². The van der Waals surface area contributed by atoms with Crippen LogP contribution in [0.3, 0.4) is 0 Å². The van der Waals surface area contributed by atoms with E-state index in [1.165, 1.54) is 18.4 Å². The fraction of sp³-hybridized carbons (Fsp3) is 0.467. The standard InChI is InChI=1S/C15H18N2O/c1-10(11-7-8-11)16-17-15(18)14-9-13(14)12-5-3-2-4-6-12/h2-6,11,13-14H,7-9H2,1H3,(H,17,18)/t13-,14-/m1/s1. The third-order valence-electron chi connectivity index (χ3n) is 3.87. The Balaban J connectivity index is 1.54. The normalized spacial score (nSPS) is 26.8. The number of carbonyl (C=O) groups is 1. The van der Waals surface area contributed by atoms with Gasteiger partial charge >= 0.3 is 0 Å². The Morgan fingerprint density at radius 1 is 1.28 bits per heavy atom. The smallest absolute Gasteiger partial charge is 0.243 e. The number of hydrazone groups is 1. The van der Waals surface area contributed by atoms with Crippen LogP contribution in [-0.4, -0.2) is 11.6 Å². The van der Waals surface area contributed by atoms with Gasteiger partial charge in [-0.15, -0.1) is 0 Å². The SMILES string of the molecule is CC(=NNC(=O)[C@@H]1C[C@@H]1c1ccccc1)C1CC1. The maximum absolute atomic E-state index is 11.9. The highest BCUT2D eigenvalue weighted by Gasteiger charge is 2.43. The molecule has 0 spiro atoms. The number of hydrogen-bond acceptors (Lipinski definition) is 2. The van der Waals surface area contributed by atoms with Gasteiger partial charge in [-0.1, -0.05) is 30.3 Å². The molecule has 3 rings (SSSR count). The molecule has 2 fully saturated rings. The van der Waals surface area contributed by atoms with Crippen LogP contribution in [0.2, 0.25) is 0 Å². The molecule has 2 saturated carbocycles. The second-order valence-electron chi connectivity index (χ2n) is 5.36. The lowest BCUT2D eigenvalue weighted by Crippen LogP contribution is -2.21. The van der Waals surface area contributed by atoms with E-state index < -0.39 is 0 Å². The number of rotatable bonds is 4. The van der Waals surface area contributed by atoms with Gasteiger partial charge in [-0.3, -0.25) is 4.79 Å². The molecule has 1 N–H and O–H groups in total. The molecule has 0 saturated heterocycles. The van der Waals surface area contributed by atoms with Gasteiger partial charge in [-0.25, -0.2) is 5.43 Å². The highest BCUT2D eigenvalue weighted by atomic mass is 16.2. The second kappa shape index (κ2) is 4.56. The summed E-state index contributed by atoms with van der Waals surface area (Å²) < 4.78 is 0. The van der Waals surface area contributed by atoms with E-state index in [2.05, 4.69) is 22.7 Å². The first kappa shape index (κ1) is 11.5. The van der Waals surface area contributed by atoms with Crippen LogP contribution in [0.4, 0.5) is 0 Å². The Labute approximate surface area is 107 Å². The summed E-state index contributed by atoms with van der Waals surface area (Å²) in [5, 5.41) is 4.19. The average molecular weight is 242 g/mol. The molecule has 0 radical (unpaired) electrons. The van der Waals surface area contributed by atoms with Crippen LogP contribution >= 0.6 is 0 Å². The topological polar surface area (TPSA) is 41.5 Å². The monoisotopic (exact) mass is 242 g/mol. The molecule has 18 heavy (non-hydrogen) atoms. The van der Waals surface area contributed by atoms with Crippen molar-refractivity contribution in [2.45, 2.75) is 32.1 Å². The molecule has 2 aliphatic carbocycles. The lowest BCUT2D eigenvalue weighted by Gasteiger charge is -2.01. The van der Waals surface area contributed by atoms with Crippen LogP contribution in [-0.2, 0) is 4.79 Å². The highest BCUT2D eigenvalue weighted by Crippen LogP contribution is 2.47. The van der Waals surface area contributed by atoms with Crippen molar-refractivity contribution >= 4 is 11.6 Å². The van der Waals surface area contributed by atoms with Crippen molar-refractivity contribution in [3.63, 3.8) is 0 Å². The van der Waals surface area contributed by atoms with Crippen molar-refractivity contribution < 1.29 is 4.79 Å². The molecule has 2 atom stereocenters. The average Bonchev–Trinajstić information content (AvgIpc) is 3.29. The highest BCUT2D eigenvalue weighted by molar-refractivity contribution is 5.89. The van der Waals surface area contributed by atoms with Crippen LogP contribution in [0, 0.1) is 11.8 Å². The third-order valence-corrected chi connectivity index (χ3v) is 3.87. The van der Waals surface area contributed by atoms with Crippen LogP contribution in [0.5, 0.6) is 0 Å². The van der Waals surface area contributed by atoms with Gasteiger partial charge < -0.3 is 0 Å². The minimum atomic E-state index is 0.0730. The largest absolute Gasteiger partial charge is 0.273 e. The second-order valence-corrected chi connectivity index (χ2v) is 5.36. The first-order valence-corrected chi connectivity index (χ1v) is 6.64. The van der Waals surface area contributed by atoms with Gasteiger partial charge in [0.05, 0.1) is 0 Å². The van der Waals surface area contributed by atoms with Crippen molar-refractivity contribution in [2.75, 3.05) is 0 Å². The van der Waals surface area contributed by atoms with Gasteiger partial charge in [-0.2, -0.15) is 5.10 Å². The molecular formula is C15H18N2O. The molecule has 0 bridgehead atoms. The van der Waals surface area contributed by atoms with E-state index in [4.69, 9.17) is 0 Å². The summed E-state index contributed by atoms with van der Waals surface area (Å²) in [5.74, 6) is 1.20. The molecule has 94 valence electrons. The fourth-order valence-corrected chi connectivity index (χ4v) is 2.37.